The molecule has 0 spiro atoms. The van der Waals surface area contributed by atoms with Crippen molar-refractivity contribution in [2.45, 2.75) is 73.1 Å². The largest absolute Gasteiger partial charge is 0.497 e. The first-order valence-corrected chi connectivity index (χ1v) is 8.55. The zero-order chi connectivity index (χ0) is 15.4. The maximum atomic E-state index is 4.91. The smallest absolute Gasteiger partial charge is 0.114 e. The lowest BCUT2D eigenvalue weighted by Crippen LogP contribution is -2.17. The Kier molecular flexibility index (Phi) is 11.6. The van der Waals surface area contributed by atoms with E-state index in [1.807, 2.05) is 45.9 Å². The minimum absolute atomic E-state index is 0.910. The number of hydrogen-bond acceptors (Lipinski definition) is 1. The van der Waals surface area contributed by atoms with Crippen molar-refractivity contribution in [3.8, 4) is 0 Å². The molecule has 1 heteroatoms. The first-order valence-electron chi connectivity index (χ1n) is 8.55. The van der Waals surface area contributed by atoms with Gasteiger partial charge in [0.25, 0.3) is 0 Å². The molecule has 0 bridgehead atoms. The zero-order valence-corrected chi connectivity index (χ0v) is 14.6. The SMILES string of the molecule is C/C=C\C(=C/C)OC.CC.CC1CCC2CCCCC12. The van der Waals surface area contributed by atoms with Gasteiger partial charge in [0.1, 0.15) is 5.76 Å². The van der Waals surface area contributed by atoms with Crippen molar-refractivity contribution in [2.24, 2.45) is 17.8 Å². The maximum Gasteiger partial charge on any atom is 0.114 e. The topological polar surface area (TPSA) is 9.23 Å². The van der Waals surface area contributed by atoms with Crippen LogP contribution in [-0.2, 0) is 4.74 Å². The fraction of sp³-hybridized carbons (Fsp3) is 0.789. The van der Waals surface area contributed by atoms with Gasteiger partial charge < -0.3 is 4.74 Å². The van der Waals surface area contributed by atoms with Gasteiger partial charge in [-0.05, 0) is 56.6 Å². The Labute approximate surface area is 127 Å². The molecule has 3 atom stereocenters. The predicted molar refractivity (Wildman–Crippen MR) is 90.8 cm³/mol. The summed E-state index contributed by atoms with van der Waals surface area (Å²) in [6.07, 6.45) is 15.0. The highest BCUT2D eigenvalue weighted by atomic mass is 16.5. The van der Waals surface area contributed by atoms with E-state index in [0.29, 0.717) is 0 Å². The van der Waals surface area contributed by atoms with Gasteiger partial charge in [0.05, 0.1) is 7.11 Å². The predicted octanol–water partition coefficient (Wildman–Crippen LogP) is 6.36. The first kappa shape index (κ1) is 19.3. The molecule has 3 unspecified atom stereocenters. The van der Waals surface area contributed by atoms with Gasteiger partial charge in [0.15, 0.2) is 0 Å². The Balaban J connectivity index is 0.000000330. The van der Waals surface area contributed by atoms with Gasteiger partial charge in [-0.3, -0.25) is 0 Å². The fourth-order valence-corrected chi connectivity index (χ4v) is 3.48. The average Bonchev–Trinajstić information content (AvgIpc) is 2.89. The Bertz CT molecular complexity index is 273. The van der Waals surface area contributed by atoms with Crippen molar-refractivity contribution in [2.75, 3.05) is 7.11 Å². The van der Waals surface area contributed by atoms with Crippen LogP contribution in [0.25, 0.3) is 0 Å². The third-order valence-corrected chi connectivity index (χ3v) is 4.54. The summed E-state index contributed by atoms with van der Waals surface area (Å²) in [5.74, 6) is 4.25. The van der Waals surface area contributed by atoms with Gasteiger partial charge in [-0.25, -0.2) is 0 Å². The van der Waals surface area contributed by atoms with Crippen LogP contribution in [0.15, 0.2) is 24.0 Å². The quantitative estimate of drug-likeness (QED) is 0.422. The van der Waals surface area contributed by atoms with E-state index in [2.05, 4.69) is 6.92 Å². The van der Waals surface area contributed by atoms with Crippen molar-refractivity contribution in [3.05, 3.63) is 24.0 Å². The highest BCUT2D eigenvalue weighted by Gasteiger charge is 2.34. The van der Waals surface area contributed by atoms with Gasteiger partial charge in [0, 0.05) is 0 Å². The molecule has 0 aromatic rings. The minimum atomic E-state index is 0.910. The van der Waals surface area contributed by atoms with Crippen molar-refractivity contribution < 1.29 is 4.74 Å². The van der Waals surface area contributed by atoms with Crippen molar-refractivity contribution >= 4 is 0 Å². The number of hydrogen-bond donors (Lipinski definition) is 0. The van der Waals surface area contributed by atoms with Crippen LogP contribution in [0.5, 0.6) is 0 Å². The van der Waals surface area contributed by atoms with Crippen LogP contribution in [0, 0.1) is 17.8 Å². The number of rotatable bonds is 2. The van der Waals surface area contributed by atoms with Gasteiger partial charge in [0.2, 0.25) is 0 Å². The molecule has 0 aromatic carbocycles. The highest BCUT2D eigenvalue weighted by molar-refractivity contribution is 5.09. The summed E-state index contributed by atoms with van der Waals surface area (Å²) in [5, 5.41) is 0. The number of allylic oxidation sites excluding steroid dienone is 3. The second-order valence-corrected chi connectivity index (χ2v) is 5.66. The lowest BCUT2D eigenvalue weighted by atomic mass is 9.79. The highest BCUT2D eigenvalue weighted by Crippen LogP contribution is 2.45. The molecular formula is C19H36O. The molecule has 1 nitrogen and oxygen atoms in total. The molecule has 2 fully saturated rings. The van der Waals surface area contributed by atoms with E-state index in [1.54, 1.807) is 26.4 Å². The molecule has 2 saturated carbocycles. The molecule has 0 radical (unpaired) electrons. The van der Waals surface area contributed by atoms with E-state index in [1.165, 1.54) is 19.3 Å². The molecule has 0 aliphatic heterocycles. The molecule has 0 N–H and O–H groups in total. The third-order valence-electron chi connectivity index (χ3n) is 4.54. The summed E-state index contributed by atoms with van der Waals surface area (Å²) in [5.41, 5.74) is 0. The van der Waals surface area contributed by atoms with E-state index < -0.39 is 0 Å². The van der Waals surface area contributed by atoms with Crippen LogP contribution in [0.4, 0.5) is 0 Å². The molecule has 0 heterocycles. The van der Waals surface area contributed by atoms with E-state index >= 15 is 0 Å². The lowest BCUT2D eigenvalue weighted by Gasteiger charge is -2.27. The molecule has 0 saturated heterocycles. The maximum absolute atomic E-state index is 4.91. The molecule has 2 aliphatic carbocycles. The van der Waals surface area contributed by atoms with Gasteiger partial charge in [-0.1, -0.05) is 52.5 Å². The first-order chi connectivity index (χ1) is 9.72. The van der Waals surface area contributed by atoms with Crippen LogP contribution in [-0.4, -0.2) is 7.11 Å². The lowest BCUT2D eigenvalue weighted by molar-refractivity contribution is 0.238. The normalized spacial score (nSPS) is 28.9. The summed E-state index contributed by atoms with van der Waals surface area (Å²) >= 11 is 0. The van der Waals surface area contributed by atoms with E-state index in [9.17, 15) is 0 Å². The Hall–Kier alpha value is -0.720. The molecule has 0 amide bonds. The molecule has 2 aliphatic rings. The van der Waals surface area contributed by atoms with Crippen molar-refractivity contribution in [1.82, 2.24) is 0 Å². The van der Waals surface area contributed by atoms with E-state index in [-0.39, 0.29) is 0 Å². The third kappa shape index (κ3) is 6.63. The Morgan fingerprint density at radius 2 is 1.65 bits per heavy atom. The number of methoxy groups -OCH3 is 1. The Morgan fingerprint density at radius 1 is 1.00 bits per heavy atom. The molecule has 118 valence electrons. The summed E-state index contributed by atoms with van der Waals surface area (Å²) < 4.78 is 4.91. The second-order valence-electron chi connectivity index (χ2n) is 5.66. The van der Waals surface area contributed by atoms with Gasteiger partial charge >= 0.3 is 0 Å². The summed E-state index contributed by atoms with van der Waals surface area (Å²) in [6, 6.07) is 0. The summed E-state index contributed by atoms with van der Waals surface area (Å²) in [7, 11) is 1.66. The Morgan fingerprint density at radius 3 is 2.10 bits per heavy atom. The zero-order valence-electron chi connectivity index (χ0n) is 14.6. The van der Waals surface area contributed by atoms with E-state index in [0.717, 1.165) is 23.5 Å². The van der Waals surface area contributed by atoms with Crippen LogP contribution in [0.1, 0.15) is 73.1 Å². The van der Waals surface area contributed by atoms with Gasteiger partial charge in [-0.2, -0.15) is 0 Å². The van der Waals surface area contributed by atoms with Crippen molar-refractivity contribution in [1.29, 1.82) is 0 Å². The van der Waals surface area contributed by atoms with Crippen LogP contribution < -0.4 is 0 Å². The number of fused-ring (bicyclic) bond motifs is 1. The minimum Gasteiger partial charge on any atom is -0.497 e. The number of ether oxygens (including phenoxy) is 1. The standard InChI is InChI=1S/C10H18.C7H12O.C2H6/c1-8-6-7-9-4-2-3-5-10(8)9;1-4-6-7(5-2)8-3;1-2/h8-10H,2-7H2,1H3;4-6H,1-3H3;1-2H3/b;6-4-,7-5+;. The second kappa shape index (κ2) is 12.1. The molecule has 2 rings (SSSR count). The average molecular weight is 280 g/mol. The molecule has 20 heavy (non-hydrogen) atoms. The monoisotopic (exact) mass is 280 g/mol. The van der Waals surface area contributed by atoms with E-state index in [4.69, 9.17) is 4.74 Å². The van der Waals surface area contributed by atoms with Crippen molar-refractivity contribution in [3.63, 3.8) is 0 Å². The van der Waals surface area contributed by atoms with Crippen LogP contribution >= 0.6 is 0 Å². The van der Waals surface area contributed by atoms with Gasteiger partial charge in [-0.15, -0.1) is 0 Å². The van der Waals surface area contributed by atoms with Crippen LogP contribution in [0.2, 0.25) is 0 Å². The summed E-state index contributed by atoms with van der Waals surface area (Å²) in [4.78, 5) is 0. The summed E-state index contributed by atoms with van der Waals surface area (Å²) in [6.45, 7) is 10.4. The van der Waals surface area contributed by atoms with Crippen LogP contribution in [0.3, 0.4) is 0 Å². The molecular weight excluding hydrogens is 244 g/mol. The fourth-order valence-electron chi connectivity index (χ4n) is 3.48. The molecule has 0 aromatic heterocycles.